The zero-order valence-electron chi connectivity index (χ0n) is 15.1. The highest BCUT2D eigenvalue weighted by Crippen LogP contribution is 2.26. The lowest BCUT2D eigenvalue weighted by Gasteiger charge is -2.12. The second-order valence-electron chi connectivity index (χ2n) is 7.10. The van der Waals surface area contributed by atoms with E-state index in [9.17, 15) is 4.79 Å². The van der Waals surface area contributed by atoms with E-state index in [2.05, 4.69) is 24.0 Å². The summed E-state index contributed by atoms with van der Waals surface area (Å²) in [7, 11) is 0. The summed E-state index contributed by atoms with van der Waals surface area (Å²) in [6, 6.07) is 8.89. The lowest BCUT2D eigenvalue weighted by molar-refractivity contribution is 0.0697. The Bertz CT molecular complexity index is 1160. The molecule has 0 bridgehead atoms. The van der Waals surface area contributed by atoms with Crippen LogP contribution in [0, 0.1) is 5.92 Å². The number of hydrogen-bond donors (Lipinski definition) is 1. The minimum absolute atomic E-state index is 0.252. The van der Waals surface area contributed by atoms with E-state index in [4.69, 9.17) is 16.7 Å². The van der Waals surface area contributed by atoms with Crippen molar-refractivity contribution < 1.29 is 9.90 Å². The van der Waals surface area contributed by atoms with Crippen molar-refractivity contribution in [2.24, 2.45) is 5.92 Å². The summed E-state index contributed by atoms with van der Waals surface area (Å²) in [4.78, 5) is 11.2. The maximum absolute atomic E-state index is 11.2. The van der Waals surface area contributed by atoms with Gasteiger partial charge in [-0.25, -0.2) is 4.79 Å². The monoisotopic (exact) mass is 382 g/mol. The lowest BCUT2D eigenvalue weighted by Crippen LogP contribution is -2.09. The third-order valence-electron chi connectivity index (χ3n) is 4.52. The smallest absolute Gasteiger partial charge is 0.335 e. The van der Waals surface area contributed by atoms with Crippen LogP contribution in [0.25, 0.3) is 21.8 Å². The molecular weight excluding hydrogens is 364 g/mol. The van der Waals surface area contributed by atoms with Gasteiger partial charge in [0.2, 0.25) is 0 Å². The Morgan fingerprint density at radius 3 is 2.59 bits per heavy atom. The summed E-state index contributed by atoms with van der Waals surface area (Å²) >= 11 is 6.32. The Morgan fingerprint density at radius 1 is 1.11 bits per heavy atom. The third-order valence-corrected chi connectivity index (χ3v) is 4.74. The zero-order valence-corrected chi connectivity index (χ0v) is 15.8. The van der Waals surface area contributed by atoms with Crippen LogP contribution >= 0.6 is 11.6 Å². The normalized spacial score (nSPS) is 11.7. The number of hydrogen-bond acceptors (Lipinski definition) is 3. The summed E-state index contributed by atoms with van der Waals surface area (Å²) in [5.74, 6) is -0.476. The molecule has 0 spiro atoms. The standard InChI is InChI=1S/C20H19ClN4O2/c1-12(2)10-25-19-15(9-23-25)6-17(21)7-16(19)11-24-18-4-3-13(20(26)27)5-14(18)8-22-24/h3-9,12H,10-11H2,1-2H3,(H,26,27). The summed E-state index contributed by atoms with van der Waals surface area (Å²) in [6.07, 6.45) is 3.53. The van der Waals surface area contributed by atoms with Crippen molar-refractivity contribution in [2.45, 2.75) is 26.9 Å². The summed E-state index contributed by atoms with van der Waals surface area (Å²) in [6.45, 7) is 5.66. The Labute approximate surface area is 161 Å². The number of carbonyl (C=O) groups is 1. The molecule has 0 atom stereocenters. The van der Waals surface area contributed by atoms with Gasteiger partial charge in [-0.1, -0.05) is 25.4 Å². The third kappa shape index (κ3) is 3.28. The maximum Gasteiger partial charge on any atom is 0.335 e. The number of carboxylic acid groups (broad SMARTS) is 1. The number of benzene rings is 2. The molecule has 0 amide bonds. The molecular formula is C20H19ClN4O2. The fourth-order valence-electron chi connectivity index (χ4n) is 3.39. The molecule has 0 aliphatic heterocycles. The van der Waals surface area contributed by atoms with E-state index in [-0.39, 0.29) is 5.56 Å². The molecule has 2 aromatic carbocycles. The van der Waals surface area contributed by atoms with Crippen molar-refractivity contribution >= 4 is 39.4 Å². The predicted molar refractivity (Wildman–Crippen MR) is 105 cm³/mol. The average Bonchev–Trinajstić information content (AvgIpc) is 3.18. The number of carboxylic acids is 1. The quantitative estimate of drug-likeness (QED) is 0.553. The average molecular weight is 383 g/mol. The van der Waals surface area contributed by atoms with Crippen LogP contribution in [0.5, 0.6) is 0 Å². The number of fused-ring (bicyclic) bond motifs is 2. The Balaban J connectivity index is 1.80. The first-order chi connectivity index (χ1) is 12.9. The predicted octanol–water partition coefficient (Wildman–Crippen LogP) is 4.44. The van der Waals surface area contributed by atoms with Gasteiger partial charge >= 0.3 is 5.97 Å². The molecule has 0 saturated heterocycles. The Kier molecular flexibility index (Phi) is 4.36. The second kappa shape index (κ2) is 6.70. The molecule has 0 unspecified atom stereocenters. The first-order valence-electron chi connectivity index (χ1n) is 8.75. The molecule has 4 aromatic rings. The van der Waals surface area contributed by atoms with Crippen LogP contribution in [0.1, 0.15) is 29.8 Å². The van der Waals surface area contributed by atoms with Gasteiger partial charge in [0.25, 0.3) is 0 Å². The molecule has 138 valence electrons. The molecule has 4 rings (SSSR count). The Morgan fingerprint density at radius 2 is 1.85 bits per heavy atom. The van der Waals surface area contributed by atoms with Crippen LogP contribution in [0.4, 0.5) is 0 Å². The molecule has 2 aromatic heterocycles. The highest BCUT2D eigenvalue weighted by Gasteiger charge is 2.14. The molecule has 0 saturated carbocycles. The molecule has 6 nitrogen and oxygen atoms in total. The number of rotatable bonds is 5. The van der Waals surface area contributed by atoms with Crippen molar-refractivity contribution in [1.29, 1.82) is 0 Å². The van der Waals surface area contributed by atoms with Crippen LogP contribution < -0.4 is 0 Å². The van der Waals surface area contributed by atoms with E-state index >= 15 is 0 Å². The highest BCUT2D eigenvalue weighted by molar-refractivity contribution is 6.31. The number of aromatic nitrogens is 4. The first kappa shape index (κ1) is 17.5. The van der Waals surface area contributed by atoms with Crippen LogP contribution in [-0.4, -0.2) is 30.6 Å². The lowest BCUT2D eigenvalue weighted by atomic mass is 10.1. The van der Waals surface area contributed by atoms with Crippen molar-refractivity contribution in [3.63, 3.8) is 0 Å². The van der Waals surface area contributed by atoms with Crippen molar-refractivity contribution in [3.8, 4) is 0 Å². The van der Waals surface area contributed by atoms with E-state index in [1.54, 1.807) is 24.4 Å². The van der Waals surface area contributed by atoms with E-state index in [0.717, 1.165) is 33.9 Å². The van der Waals surface area contributed by atoms with Crippen LogP contribution in [0.2, 0.25) is 5.02 Å². The number of aromatic carboxylic acids is 1. The van der Waals surface area contributed by atoms with Gasteiger partial charge in [0.05, 0.1) is 35.5 Å². The fourth-order valence-corrected chi connectivity index (χ4v) is 3.64. The Hall–Kier alpha value is -2.86. The molecule has 0 aliphatic carbocycles. The van der Waals surface area contributed by atoms with Gasteiger partial charge in [-0.05, 0) is 36.2 Å². The fraction of sp³-hybridized carbons (Fsp3) is 0.250. The van der Waals surface area contributed by atoms with Crippen molar-refractivity contribution in [3.05, 3.63) is 58.9 Å². The van der Waals surface area contributed by atoms with Gasteiger partial charge in [0.1, 0.15) is 0 Å². The molecule has 7 heteroatoms. The SMILES string of the molecule is CC(C)Cn1ncc2cc(Cl)cc(Cn3ncc4cc(C(=O)O)ccc43)c21. The van der Waals surface area contributed by atoms with Gasteiger partial charge in [0.15, 0.2) is 0 Å². The molecule has 27 heavy (non-hydrogen) atoms. The number of nitrogens with zero attached hydrogens (tertiary/aromatic N) is 4. The minimum atomic E-state index is -0.946. The van der Waals surface area contributed by atoms with Crippen molar-refractivity contribution in [2.75, 3.05) is 0 Å². The van der Waals surface area contributed by atoms with Gasteiger partial charge in [-0.15, -0.1) is 0 Å². The van der Waals surface area contributed by atoms with E-state index < -0.39 is 5.97 Å². The van der Waals surface area contributed by atoms with Gasteiger partial charge < -0.3 is 5.11 Å². The summed E-state index contributed by atoms with van der Waals surface area (Å²) in [5, 5.41) is 20.6. The maximum atomic E-state index is 11.2. The van der Waals surface area contributed by atoms with Crippen LogP contribution in [0.3, 0.4) is 0 Å². The van der Waals surface area contributed by atoms with Gasteiger partial charge in [-0.2, -0.15) is 10.2 Å². The van der Waals surface area contributed by atoms with Gasteiger partial charge in [-0.3, -0.25) is 9.36 Å². The molecule has 0 aliphatic rings. The summed E-state index contributed by atoms with van der Waals surface area (Å²) in [5.41, 5.74) is 3.21. The van der Waals surface area contributed by atoms with E-state index in [1.165, 1.54) is 0 Å². The second-order valence-corrected chi connectivity index (χ2v) is 7.54. The van der Waals surface area contributed by atoms with Crippen LogP contribution in [0.15, 0.2) is 42.7 Å². The molecule has 0 fully saturated rings. The first-order valence-corrected chi connectivity index (χ1v) is 9.13. The van der Waals surface area contributed by atoms with E-state index in [0.29, 0.717) is 17.5 Å². The summed E-state index contributed by atoms with van der Waals surface area (Å²) < 4.78 is 3.87. The largest absolute Gasteiger partial charge is 0.478 e. The van der Waals surface area contributed by atoms with Crippen LogP contribution in [-0.2, 0) is 13.1 Å². The molecule has 1 N–H and O–H groups in total. The highest BCUT2D eigenvalue weighted by atomic mass is 35.5. The van der Waals surface area contributed by atoms with Gasteiger partial charge in [0, 0.05) is 27.9 Å². The topological polar surface area (TPSA) is 72.9 Å². The zero-order chi connectivity index (χ0) is 19.1. The van der Waals surface area contributed by atoms with E-state index in [1.807, 2.05) is 27.7 Å². The number of halogens is 1. The van der Waals surface area contributed by atoms with Crippen molar-refractivity contribution in [1.82, 2.24) is 19.6 Å². The molecule has 2 heterocycles. The molecule has 0 radical (unpaired) electrons. The minimum Gasteiger partial charge on any atom is -0.478 e.